The molecule has 1 saturated heterocycles. The van der Waals surface area contributed by atoms with Crippen molar-refractivity contribution < 1.29 is 9.47 Å². The molecule has 0 radical (unpaired) electrons. The van der Waals surface area contributed by atoms with Gasteiger partial charge in [0.05, 0.1) is 24.8 Å². The third kappa shape index (κ3) is 4.67. The summed E-state index contributed by atoms with van der Waals surface area (Å²) in [6, 6.07) is 10.3. The summed E-state index contributed by atoms with van der Waals surface area (Å²) in [7, 11) is 0. The van der Waals surface area contributed by atoms with Crippen molar-refractivity contribution in [3.05, 3.63) is 47.5 Å². The quantitative estimate of drug-likeness (QED) is 0.767. The minimum atomic E-state index is -0.0324. The lowest BCUT2D eigenvalue weighted by molar-refractivity contribution is -0.175. The molecule has 0 N–H and O–H groups in total. The maximum Gasteiger partial charge on any atom is 0.160 e. The van der Waals surface area contributed by atoms with Crippen LogP contribution >= 0.6 is 0 Å². The van der Waals surface area contributed by atoms with Crippen molar-refractivity contribution in [1.29, 1.82) is 5.26 Å². The smallest absolute Gasteiger partial charge is 0.160 e. The monoisotopic (exact) mass is 311 g/mol. The van der Waals surface area contributed by atoms with Crippen LogP contribution in [0.4, 0.5) is 0 Å². The van der Waals surface area contributed by atoms with Crippen LogP contribution in [0, 0.1) is 17.2 Å². The molecule has 122 valence electrons. The molecule has 0 spiro atoms. The first-order chi connectivity index (χ1) is 11.3. The Kier molecular flexibility index (Phi) is 5.85. The fourth-order valence-electron chi connectivity index (χ4n) is 3.53. The van der Waals surface area contributed by atoms with Gasteiger partial charge >= 0.3 is 0 Å². The number of rotatable bonds is 4. The van der Waals surface area contributed by atoms with E-state index in [0.29, 0.717) is 11.8 Å². The Morgan fingerprint density at radius 1 is 1.04 bits per heavy atom. The Bertz CT molecular complexity index is 544. The van der Waals surface area contributed by atoms with Crippen LogP contribution in [0.15, 0.2) is 36.4 Å². The van der Waals surface area contributed by atoms with Crippen molar-refractivity contribution in [2.24, 2.45) is 5.92 Å². The molecule has 1 heterocycles. The SMILES string of the molecule is N#Cc1ccc([C@H]2CC[C@H](C=CCC3OCCCO3)CC2)cc1. The second-order valence-electron chi connectivity index (χ2n) is 6.53. The van der Waals surface area contributed by atoms with Crippen LogP contribution in [0.5, 0.6) is 0 Å². The van der Waals surface area contributed by atoms with Crippen molar-refractivity contribution in [2.75, 3.05) is 13.2 Å². The number of hydrogen-bond donors (Lipinski definition) is 0. The first kappa shape index (κ1) is 16.2. The van der Waals surface area contributed by atoms with E-state index in [1.54, 1.807) is 0 Å². The number of nitriles is 1. The number of benzene rings is 1. The molecular formula is C20H25NO2. The van der Waals surface area contributed by atoms with E-state index < -0.39 is 0 Å². The Morgan fingerprint density at radius 3 is 2.39 bits per heavy atom. The summed E-state index contributed by atoms with van der Waals surface area (Å²) < 4.78 is 11.1. The highest BCUT2D eigenvalue weighted by atomic mass is 16.7. The van der Waals surface area contributed by atoms with Gasteiger partial charge in [-0.05, 0) is 61.6 Å². The van der Waals surface area contributed by atoms with Crippen molar-refractivity contribution in [3.8, 4) is 6.07 Å². The highest BCUT2D eigenvalue weighted by molar-refractivity contribution is 5.33. The van der Waals surface area contributed by atoms with Gasteiger partial charge in [0.2, 0.25) is 0 Å². The molecule has 3 rings (SSSR count). The Hall–Kier alpha value is -1.63. The van der Waals surface area contributed by atoms with E-state index in [9.17, 15) is 0 Å². The molecule has 1 aromatic rings. The van der Waals surface area contributed by atoms with E-state index in [-0.39, 0.29) is 6.29 Å². The van der Waals surface area contributed by atoms with Crippen LogP contribution in [0.1, 0.15) is 55.6 Å². The summed E-state index contributed by atoms with van der Waals surface area (Å²) in [5.41, 5.74) is 2.13. The standard InChI is InChI=1S/C20H25NO2/c21-15-17-7-11-19(12-8-17)18-9-5-16(6-10-18)3-1-4-20-22-13-2-14-23-20/h1,3,7-8,11-12,16,18,20H,2,4-6,9-10,13-14H2/t16-,18-. The van der Waals surface area contributed by atoms with Gasteiger partial charge in [0.15, 0.2) is 6.29 Å². The fourth-order valence-corrected chi connectivity index (χ4v) is 3.53. The lowest BCUT2D eigenvalue weighted by Gasteiger charge is -2.27. The summed E-state index contributed by atoms with van der Waals surface area (Å²) in [5, 5.41) is 8.87. The lowest BCUT2D eigenvalue weighted by Crippen LogP contribution is -2.24. The first-order valence-electron chi connectivity index (χ1n) is 8.75. The molecule has 23 heavy (non-hydrogen) atoms. The zero-order chi connectivity index (χ0) is 15.9. The van der Waals surface area contributed by atoms with Gasteiger partial charge in [0.1, 0.15) is 0 Å². The number of allylic oxidation sites excluding steroid dienone is 1. The Morgan fingerprint density at radius 2 is 1.74 bits per heavy atom. The molecule has 1 aromatic carbocycles. The van der Waals surface area contributed by atoms with Crippen molar-refractivity contribution in [1.82, 2.24) is 0 Å². The third-order valence-corrected chi connectivity index (χ3v) is 4.92. The Balaban J connectivity index is 1.43. The van der Waals surface area contributed by atoms with E-state index in [2.05, 4.69) is 30.4 Å². The molecule has 3 heteroatoms. The summed E-state index contributed by atoms with van der Waals surface area (Å²) in [4.78, 5) is 0. The van der Waals surface area contributed by atoms with E-state index in [0.717, 1.165) is 31.6 Å². The second-order valence-corrected chi connectivity index (χ2v) is 6.53. The van der Waals surface area contributed by atoms with Crippen LogP contribution in [-0.4, -0.2) is 19.5 Å². The van der Waals surface area contributed by atoms with Gasteiger partial charge in [-0.15, -0.1) is 0 Å². The molecule has 0 bridgehead atoms. The summed E-state index contributed by atoms with van der Waals surface area (Å²) >= 11 is 0. The van der Waals surface area contributed by atoms with E-state index in [1.807, 2.05) is 12.1 Å². The van der Waals surface area contributed by atoms with Crippen molar-refractivity contribution in [3.63, 3.8) is 0 Å². The third-order valence-electron chi connectivity index (χ3n) is 4.92. The molecule has 2 aliphatic rings. The molecule has 1 aliphatic carbocycles. The molecule has 1 saturated carbocycles. The molecule has 0 amide bonds. The minimum Gasteiger partial charge on any atom is -0.352 e. The van der Waals surface area contributed by atoms with Crippen LogP contribution in [0.3, 0.4) is 0 Å². The topological polar surface area (TPSA) is 42.2 Å². The van der Waals surface area contributed by atoms with E-state index >= 15 is 0 Å². The van der Waals surface area contributed by atoms with Crippen molar-refractivity contribution in [2.45, 2.75) is 50.7 Å². The van der Waals surface area contributed by atoms with Crippen LogP contribution in [0.2, 0.25) is 0 Å². The highest BCUT2D eigenvalue weighted by Gasteiger charge is 2.21. The molecule has 0 unspecified atom stereocenters. The average Bonchev–Trinajstić information content (AvgIpc) is 2.63. The maximum atomic E-state index is 8.87. The van der Waals surface area contributed by atoms with Gasteiger partial charge in [0, 0.05) is 6.42 Å². The zero-order valence-electron chi connectivity index (χ0n) is 13.6. The van der Waals surface area contributed by atoms with E-state index in [1.165, 1.54) is 31.2 Å². The van der Waals surface area contributed by atoms with E-state index in [4.69, 9.17) is 14.7 Å². The van der Waals surface area contributed by atoms with Gasteiger partial charge in [-0.3, -0.25) is 0 Å². The summed E-state index contributed by atoms with van der Waals surface area (Å²) in [6.45, 7) is 1.66. The average molecular weight is 311 g/mol. The summed E-state index contributed by atoms with van der Waals surface area (Å²) in [6.07, 6.45) is 11.4. The largest absolute Gasteiger partial charge is 0.352 e. The molecule has 0 aromatic heterocycles. The molecular weight excluding hydrogens is 286 g/mol. The van der Waals surface area contributed by atoms with Gasteiger partial charge in [-0.1, -0.05) is 24.3 Å². The van der Waals surface area contributed by atoms with Gasteiger partial charge in [0.25, 0.3) is 0 Å². The number of hydrogen-bond acceptors (Lipinski definition) is 3. The minimum absolute atomic E-state index is 0.0324. The number of nitrogens with zero attached hydrogens (tertiary/aromatic N) is 1. The first-order valence-corrected chi connectivity index (χ1v) is 8.75. The summed E-state index contributed by atoms with van der Waals surface area (Å²) in [5.74, 6) is 1.34. The maximum absolute atomic E-state index is 8.87. The highest BCUT2D eigenvalue weighted by Crippen LogP contribution is 2.36. The molecule has 0 atom stereocenters. The van der Waals surface area contributed by atoms with Gasteiger partial charge in [-0.25, -0.2) is 0 Å². The van der Waals surface area contributed by atoms with Crippen LogP contribution < -0.4 is 0 Å². The fraction of sp³-hybridized carbons (Fsp3) is 0.550. The van der Waals surface area contributed by atoms with Crippen LogP contribution in [-0.2, 0) is 9.47 Å². The molecule has 3 nitrogen and oxygen atoms in total. The Labute approximate surface area is 138 Å². The number of ether oxygens (including phenoxy) is 2. The molecule has 2 fully saturated rings. The van der Waals surface area contributed by atoms with Crippen molar-refractivity contribution >= 4 is 0 Å². The lowest BCUT2D eigenvalue weighted by atomic mass is 9.78. The molecule has 1 aliphatic heterocycles. The predicted octanol–water partition coefficient (Wildman–Crippen LogP) is 4.54. The van der Waals surface area contributed by atoms with Gasteiger partial charge in [-0.2, -0.15) is 5.26 Å². The normalized spacial score (nSPS) is 26.2. The van der Waals surface area contributed by atoms with Crippen LogP contribution in [0.25, 0.3) is 0 Å². The predicted molar refractivity (Wildman–Crippen MR) is 89.9 cm³/mol. The second kappa shape index (κ2) is 8.29. The van der Waals surface area contributed by atoms with Gasteiger partial charge < -0.3 is 9.47 Å². The zero-order valence-corrected chi connectivity index (χ0v) is 13.6.